The van der Waals surface area contributed by atoms with E-state index >= 15 is 0 Å². The lowest BCUT2D eigenvalue weighted by Crippen LogP contribution is -2.40. The van der Waals surface area contributed by atoms with Crippen LogP contribution in [-0.2, 0) is 21.3 Å². The molecule has 0 amide bonds. The first-order chi connectivity index (χ1) is 14.4. The summed E-state index contributed by atoms with van der Waals surface area (Å²) in [7, 11) is -3.57. The second-order valence-corrected chi connectivity index (χ2v) is 10.4. The zero-order valence-electron chi connectivity index (χ0n) is 16.9. The van der Waals surface area contributed by atoms with E-state index in [4.69, 9.17) is 9.72 Å². The fourth-order valence-electron chi connectivity index (χ4n) is 3.54. The lowest BCUT2D eigenvalue weighted by molar-refractivity contribution is 0.0730. The normalized spacial score (nSPS) is 16.8. The van der Waals surface area contributed by atoms with E-state index in [1.165, 1.54) is 16.4 Å². The molecular formula is C21H24FN3O3S2. The van der Waals surface area contributed by atoms with E-state index in [0.29, 0.717) is 38.4 Å². The summed E-state index contributed by atoms with van der Waals surface area (Å²) < 4.78 is 48.0. The van der Waals surface area contributed by atoms with E-state index in [1.807, 2.05) is 19.9 Å². The molecule has 1 unspecified atom stereocenters. The van der Waals surface area contributed by atoms with Crippen LogP contribution in [-0.4, -0.2) is 48.6 Å². The Kier molecular flexibility index (Phi) is 6.15. The number of aromatic nitrogens is 2. The van der Waals surface area contributed by atoms with E-state index in [9.17, 15) is 12.8 Å². The van der Waals surface area contributed by atoms with E-state index in [0.717, 1.165) is 16.2 Å². The fourth-order valence-corrected chi connectivity index (χ4v) is 6.08. The van der Waals surface area contributed by atoms with Crippen molar-refractivity contribution < 1.29 is 17.5 Å². The molecule has 1 atom stereocenters. The van der Waals surface area contributed by atoms with Crippen molar-refractivity contribution in [3.63, 3.8) is 0 Å². The Bertz CT molecular complexity index is 1140. The second kappa shape index (κ2) is 8.66. The molecule has 30 heavy (non-hydrogen) atoms. The van der Waals surface area contributed by atoms with E-state index in [-0.39, 0.29) is 16.0 Å². The van der Waals surface area contributed by atoms with Gasteiger partial charge in [0.05, 0.1) is 29.1 Å². The van der Waals surface area contributed by atoms with Crippen molar-refractivity contribution in [2.75, 3.05) is 26.3 Å². The van der Waals surface area contributed by atoms with Crippen molar-refractivity contribution in [2.24, 2.45) is 0 Å². The van der Waals surface area contributed by atoms with E-state index < -0.39 is 10.0 Å². The quantitative estimate of drug-likeness (QED) is 0.531. The zero-order chi connectivity index (χ0) is 21.3. The largest absolute Gasteiger partial charge is 0.379 e. The summed E-state index contributed by atoms with van der Waals surface area (Å²) in [6.45, 7) is 6.34. The lowest BCUT2D eigenvalue weighted by atomic mass is 10.2. The molecule has 0 aliphatic carbocycles. The summed E-state index contributed by atoms with van der Waals surface area (Å²) in [5.41, 5.74) is 2.55. The standard InChI is InChI=1S/C21H24FN3O3S2/c1-3-25-20-9-8-18(30(26,27)24-10-12-28-13-11-24)14-19(20)23-21(25)29-15(2)16-4-6-17(22)7-5-16/h4-9,14-15H,3,10-13H2,1-2H3. The molecule has 1 fully saturated rings. The first kappa shape index (κ1) is 21.3. The van der Waals surface area contributed by atoms with Crippen molar-refractivity contribution in [3.05, 3.63) is 53.8 Å². The number of fused-ring (bicyclic) bond motifs is 1. The molecule has 1 aromatic heterocycles. The highest BCUT2D eigenvalue weighted by molar-refractivity contribution is 7.99. The molecule has 1 saturated heterocycles. The molecular weight excluding hydrogens is 425 g/mol. The summed E-state index contributed by atoms with van der Waals surface area (Å²) in [4.78, 5) is 4.98. The molecule has 9 heteroatoms. The van der Waals surface area contributed by atoms with Crippen LogP contribution in [0.15, 0.2) is 52.5 Å². The van der Waals surface area contributed by atoms with Crippen LogP contribution < -0.4 is 0 Å². The number of benzene rings is 2. The maximum absolute atomic E-state index is 13.2. The van der Waals surface area contributed by atoms with Crippen LogP contribution in [0, 0.1) is 5.82 Å². The molecule has 3 aromatic rings. The van der Waals surface area contributed by atoms with Crippen molar-refractivity contribution in [3.8, 4) is 0 Å². The van der Waals surface area contributed by atoms with Gasteiger partial charge in [0.2, 0.25) is 10.0 Å². The molecule has 2 aromatic carbocycles. The molecule has 0 spiro atoms. The van der Waals surface area contributed by atoms with Gasteiger partial charge in [0.15, 0.2) is 5.16 Å². The first-order valence-electron chi connectivity index (χ1n) is 9.90. The van der Waals surface area contributed by atoms with Crippen LogP contribution in [0.2, 0.25) is 0 Å². The van der Waals surface area contributed by atoms with Gasteiger partial charge in [-0.05, 0) is 49.7 Å². The van der Waals surface area contributed by atoms with Gasteiger partial charge in [-0.1, -0.05) is 23.9 Å². The molecule has 160 valence electrons. The monoisotopic (exact) mass is 449 g/mol. The highest BCUT2D eigenvalue weighted by Crippen LogP contribution is 2.36. The van der Waals surface area contributed by atoms with Gasteiger partial charge in [-0.3, -0.25) is 0 Å². The van der Waals surface area contributed by atoms with Crippen LogP contribution in [0.1, 0.15) is 24.7 Å². The molecule has 1 aliphatic heterocycles. The fraction of sp³-hybridized carbons (Fsp3) is 0.381. The number of hydrogen-bond donors (Lipinski definition) is 0. The summed E-state index contributed by atoms with van der Waals surface area (Å²) in [5.74, 6) is -0.259. The molecule has 2 heterocycles. The molecule has 0 radical (unpaired) electrons. The number of nitrogens with zero attached hydrogens (tertiary/aromatic N) is 3. The lowest BCUT2D eigenvalue weighted by Gasteiger charge is -2.26. The summed E-state index contributed by atoms with van der Waals surface area (Å²) in [5, 5.41) is 0.884. The summed E-state index contributed by atoms with van der Waals surface area (Å²) >= 11 is 1.57. The third kappa shape index (κ3) is 4.12. The maximum Gasteiger partial charge on any atom is 0.243 e. The number of sulfonamides is 1. The minimum absolute atomic E-state index is 0.0734. The van der Waals surface area contributed by atoms with Gasteiger partial charge < -0.3 is 9.30 Å². The van der Waals surface area contributed by atoms with E-state index in [1.54, 1.807) is 36.0 Å². The van der Waals surface area contributed by atoms with Crippen molar-refractivity contribution in [2.45, 2.75) is 35.7 Å². The number of morpholine rings is 1. The molecule has 0 bridgehead atoms. The highest BCUT2D eigenvalue weighted by atomic mass is 32.2. The predicted octanol–water partition coefficient (Wildman–Crippen LogP) is 4.07. The van der Waals surface area contributed by atoms with Gasteiger partial charge in [0, 0.05) is 24.9 Å². The number of rotatable bonds is 6. The topological polar surface area (TPSA) is 64.4 Å². The third-order valence-electron chi connectivity index (χ3n) is 5.23. The predicted molar refractivity (Wildman–Crippen MR) is 116 cm³/mol. The number of ether oxygens (including phenoxy) is 1. The minimum atomic E-state index is -3.57. The van der Waals surface area contributed by atoms with E-state index in [2.05, 4.69) is 4.57 Å². The first-order valence-corrected chi connectivity index (χ1v) is 12.2. The van der Waals surface area contributed by atoms with Crippen molar-refractivity contribution in [1.82, 2.24) is 13.9 Å². The summed E-state index contributed by atoms with van der Waals surface area (Å²) in [6.07, 6.45) is 0. The molecule has 6 nitrogen and oxygen atoms in total. The number of thioether (sulfide) groups is 1. The van der Waals surface area contributed by atoms with Crippen LogP contribution in [0.25, 0.3) is 11.0 Å². The smallest absolute Gasteiger partial charge is 0.243 e. The SMILES string of the molecule is CCn1c(SC(C)c2ccc(F)cc2)nc2cc(S(=O)(=O)N3CCOCC3)ccc21. The number of imidazole rings is 1. The van der Waals surface area contributed by atoms with Crippen LogP contribution in [0.5, 0.6) is 0 Å². The number of hydrogen-bond acceptors (Lipinski definition) is 5. The Morgan fingerprint density at radius 2 is 1.87 bits per heavy atom. The molecule has 0 N–H and O–H groups in total. The average Bonchev–Trinajstić information content (AvgIpc) is 3.10. The van der Waals surface area contributed by atoms with Gasteiger partial charge in [-0.15, -0.1) is 0 Å². The number of halogens is 1. The maximum atomic E-state index is 13.2. The minimum Gasteiger partial charge on any atom is -0.379 e. The second-order valence-electron chi connectivity index (χ2n) is 7.12. The Balaban J connectivity index is 1.66. The Morgan fingerprint density at radius 3 is 2.53 bits per heavy atom. The van der Waals surface area contributed by atoms with Gasteiger partial charge in [-0.25, -0.2) is 17.8 Å². The van der Waals surface area contributed by atoms with Gasteiger partial charge in [-0.2, -0.15) is 4.31 Å². The Morgan fingerprint density at radius 1 is 1.17 bits per heavy atom. The zero-order valence-corrected chi connectivity index (χ0v) is 18.5. The Hall–Kier alpha value is -1.94. The van der Waals surface area contributed by atoms with Crippen LogP contribution >= 0.6 is 11.8 Å². The molecule has 1 aliphatic rings. The van der Waals surface area contributed by atoms with Crippen molar-refractivity contribution in [1.29, 1.82) is 0 Å². The average molecular weight is 450 g/mol. The summed E-state index contributed by atoms with van der Waals surface area (Å²) in [6, 6.07) is 11.6. The Labute approximate surface area is 180 Å². The van der Waals surface area contributed by atoms with Crippen LogP contribution in [0.4, 0.5) is 4.39 Å². The van der Waals surface area contributed by atoms with Gasteiger partial charge in [0.1, 0.15) is 5.82 Å². The van der Waals surface area contributed by atoms with Gasteiger partial charge >= 0.3 is 0 Å². The van der Waals surface area contributed by atoms with Crippen LogP contribution in [0.3, 0.4) is 0 Å². The third-order valence-corrected chi connectivity index (χ3v) is 8.27. The van der Waals surface area contributed by atoms with Crippen molar-refractivity contribution >= 4 is 32.8 Å². The van der Waals surface area contributed by atoms with Gasteiger partial charge in [0.25, 0.3) is 0 Å². The number of aryl methyl sites for hydroxylation is 1. The highest BCUT2D eigenvalue weighted by Gasteiger charge is 2.27. The molecule has 0 saturated carbocycles. The molecule has 4 rings (SSSR count).